The monoisotopic (exact) mass is 636 g/mol. The standard InChI is InChI=1S/C32H33ClN4O6S/c1-35(2)20-21-7-14-29(42-4)26(18-21)32(36-16-5-6-28(36)30-34-15-17-43-30)25-19-22(33)8-13-27(25)37(31(32)38)44(39,40)24-11-9-23(41-3)10-12-24/h7-15,17-19,28H,5-6,16,20H2,1-4H3. The number of rotatable bonds is 9. The van der Waals surface area contributed by atoms with Crippen LogP contribution in [0.4, 0.5) is 5.69 Å². The van der Waals surface area contributed by atoms with E-state index in [1.165, 1.54) is 32.6 Å². The molecule has 0 N–H and O–H groups in total. The van der Waals surface area contributed by atoms with Crippen molar-refractivity contribution in [2.45, 2.75) is 35.9 Å². The third kappa shape index (κ3) is 4.75. The van der Waals surface area contributed by atoms with Crippen molar-refractivity contribution in [2.24, 2.45) is 0 Å². The molecule has 4 aromatic rings. The van der Waals surface area contributed by atoms with Crippen LogP contribution in [0.3, 0.4) is 0 Å². The number of ether oxygens (including phenoxy) is 2. The summed E-state index contributed by atoms with van der Waals surface area (Å²) in [5.41, 5.74) is 0.436. The molecular formula is C32H33ClN4O6S. The highest BCUT2D eigenvalue weighted by molar-refractivity contribution is 7.93. The molecule has 0 aliphatic carbocycles. The molecule has 3 aromatic carbocycles. The van der Waals surface area contributed by atoms with Crippen molar-refractivity contribution < 1.29 is 27.1 Å². The smallest absolute Gasteiger partial charge is 0.271 e. The number of methoxy groups -OCH3 is 2. The van der Waals surface area contributed by atoms with E-state index in [2.05, 4.69) is 4.98 Å². The fraction of sp³-hybridized carbons (Fsp3) is 0.312. The van der Waals surface area contributed by atoms with Gasteiger partial charge >= 0.3 is 0 Å². The molecule has 0 spiro atoms. The molecular weight excluding hydrogens is 604 g/mol. The van der Waals surface area contributed by atoms with Crippen LogP contribution in [-0.4, -0.2) is 64.0 Å². The van der Waals surface area contributed by atoms with Gasteiger partial charge in [-0.1, -0.05) is 17.7 Å². The van der Waals surface area contributed by atoms with Crippen LogP contribution in [-0.2, 0) is 26.9 Å². The molecule has 1 aromatic heterocycles. The minimum atomic E-state index is -4.40. The molecule has 2 aliphatic rings. The van der Waals surface area contributed by atoms with E-state index in [-0.39, 0.29) is 10.6 Å². The molecule has 6 rings (SSSR count). The summed E-state index contributed by atoms with van der Waals surface area (Å²) in [6.45, 7) is 1.04. The van der Waals surface area contributed by atoms with Gasteiger partial charge < -0.3 is 18.8 Å². The Balaban J connectivity index is 1.67. The number of nitrogens with zero attached hydrogens (tertiary/aromatic N) is 4. The molecule has 10 nitrogen and oxygen atoms in total. The number of halogens is 1. The molecule has 2 aliphatic heterocycles. The first kappa shape index (κ1) is 30.1. The Hall–Kier alpha value is -3.90. The van der Waals surface area contributed by atoms with E-state index >= 15 is 4.79 Å². The maximum atomic E-state index is 15.4. The predicted octanol–water partition coefficient (Wildman–Crippen LogP) is 5.22. The lowest BCUT2D eigenvalue weighted by Gasteiger charge is -2.41. The minimum absolute atomic E-state index is 0.0534. The van der Waals surface area contributed by atoms with Gasteiger partial charge in [0.1, 0.15) is 17.8 Å². The number of hydrogen-bond donors (Lipinski definition) is 0. The molecule has 1 saturated heterocycles. The van der Waals surface area contributed by atoms with Crippen LogP contribution in [0, 0.1) is 0 Å². The summed E-state index contributed by atoms with van der Waals surface area (Å²) in [6.07, 6.45) is 4.44. The van der Waals surface area contributed by atoms with Crippen molar-refractivity contribution in [3.05, 3.63) is 101 Å². The summed E-state index contributed by atoms with van der Waals surface area (Å²) in [5, 5.41) is 0.361. The van der Waals surface area contributed by atoms with Crippen molar-refractivity contribution in [3.8, 4) is 11.5 Å². The topological polar surface area (TPSA) is 105 Å². The van der Waals surface area contributed by atoms with Crippen molar-refractivity contribution in [3.63, 3.8) is 0 Å². The fourth-order valence-electron chi connectivity index (χ4n) is 6.46. The lowest BCUT2D eigenvalue weighted by atomic mass is 9.80. The molecule has 3 heterocycles. The third-order valence-corrected chi connectivity index (χ3v) is 10.2. The number of anilines is 1. The number of benzene rings is 3. The van der Waals surface area contributed by atoms with E-state index in [1.807, 2.05) is 42.1 Å². The Kier molecular flexibility index (Phi) is 7.91. The third-order valence-electron chi connectivity index (χ3n) is 8.23. The minimum Gasteiger partial charge on any atom is -0.497 e. The molecule has 44 heavy (non-hydrogen) atoms. The quantitative estimate of drug-likeness (QED) is 0.244. The Morgan fingerprint density at radius 3 is 2.48 bits per heavy atom. The summed E-state index contributed by atoms with van der Waals surface area (Å²) in [6, 6.07) is 16.1. The first-order chi connectivity index (χ1) is 21.1. The van der Waals surface area contributed by atoms with Gasteiger partial charge in [0.2, 0.25) is 5.89 Å². The van der Waals surface area contributed by atoms with E-state index in [9.17, 15) is 8.42 Å². The largest absolute Gasteiger partial charge is 0.497 e. The zero-order chi connectivity index (χ0) is 31.2. The summed E-state index contributed by atoms with van der Waals surface area (Å²) in [7, 11) is 2.55. The zero-order valence-electron chi connectivity index (χ0n) is 24.9. The van der Waals surface area contributed by atoms with Gasteiger partial charge in [0, 0.05) is 29.2 Å². The Bertz CT molecular complexity index is 1800. The zero-order valence-corrected chi connectivity index (χ0v) is 26.4. The number of sulfonamides is 1. The van der Waals surface area contributed by atoms with Gasteiger partial charge in [0.15, 0.2) is 5.54 Å². The van der Waals surface area contributed by atoms with Crippen LogP contribution in [0.15, 0.2) is 82.4 Å². The van der Waals surface area contributed by atoms with Gasteiger partial charge in [-0.25, -0.2) is 17.7 Å². The number of aromatic nitrogens is 1. The van der Waals surface area contributed by atoms with Crippen LogP contribution in [0.25, 0.3) is 0 Å². The molecule has 0 saturated carbocycles. The molecule has 12 heteroatoms. The van der Waals surface area contributed by atoms with Gasteiger partial charge in [0.25, 0.3) is 15.9 Å². The first-order valence-corrected chi connectivity index (χ1v) is 16.0. The summed E-state index contributed by atoms with van der Waals surface area (Å²) >= 11 is 6.63. The second-order valence-electron chi connectivity index (χ2n) is 11.1. The molecule has 2 atom stereocenters. The van der Waals surface area contributed by atoms with Crippen LogP contribution >= 0.6 is 11.6 Å². The highest BCUT2D eigenvalue weighted by atomic mass is 35.5. The van der Waals surface area contributed by atoms with Crippen molar-refractivity contribution in [1.82, 2.24) is 14.8 Å². The average Bonchev–Trinajstić information content (AvgIpc) is 3.76. The Labute approximate surface area is 261 Å². The van der Waals surface area contributed by atoms with Gasteiger partial charge in [0.05, 0.1) is 37.0 Å². The second kappa shape index (κ2) is 11.6. The maximum absolute atomic E-state index is 15.4. The van der Waals surface area contributed by atoms with Crippen LogP contribution in [0.5, 0.6) is 11.5 Å². The summed E-state index contributed by atoms with van der Waals surface area (Å²) in [4.78, 5) is 23.8. The average molecular weight is 637 g/mol. The number of carbonyl (C=O) groups is 1. The first-order valence-electron chi connectivity index (χ1n) is 14.1. The lowest BCUT2D eigenvalue weighted by Crippen LogP contribution is -2.54. The molecule has 0 radical (unpaired) electrons. The van der Waals surface area contributed by atoms with Gasteiger partial charge in [-0.2, -0.15) is 0 Å². The van der Waals surface area contributed by atoms with Crippen molar-refractivity contribution in [2.75, 3.05) is 39.2 Å². The second-order valence-corrected chi connectivity index (χ2v) is 13.3. The van der Waals surface area contributed by atoms with Crippen molar-refractivity contribution >= 4 is 33.2 Å². The normalized spacial score (nSPS) is 20.4. The van der Waals surface area contributed by atoms with E-state index in [4.69, 9.17) is 25.5 Å². The van der Waals surface area contributed by atoms with Crippen LogP contribution < -0.4 is 13.8 Å². The number of carbonyl (C=O) groups excluding carboxylic acids is 1. The Morgan fingerprint density at radius 2 is 1.82 bits per heavy atom. The van der Waals surface area contributed by atoms with Crippen LogP contribution in [0.1, 0.15) is 41.5 Å². The number of hydrogen-bond acceptors (Lipinski definition) is 9. The highest BCUT2D eigenvalue weighted by Gasteiger charge is 2.62. The van der Waals surface area contributed by atoms with E-state index in [1.54, 1.807) is 36.5 Å². The molecule has 0 bridgehead atoms. The number of likely N-dealkylation sites (tertiary alicyclic amines) is 1. The predicted molar refractivity (Wildman–Crippen MR) is 165 cm³/mol. The number of oxazole rings is 1. The number of fused-ring (bicyclic) bond motifs is 1. The fourth-order valence-corrected chi connectivity index (χ4v) is 8.09. The van der Waals surface area contributed by atoms with E-state index in [0.717, 1.165) is 16.3 Å². The summed E-state index contributed by atoms with van der Waals surface area (Å²) < 4.78 is 46.7. The highest BCUT2D eigenvalue weighted by Crippen LogP contribution is 2.56. The van der Waals surface area contributed by atoms with Crippen molar-refractivity contribution in [1.29, 1.82) is 0 Å². The van der Waals surface area contributed by atoms with E-state index < -0.39 is 27.5 Å². The summed E-state index contributed by atoms with van der Waals surface area (Å²) in [5.74, 6) is 0.711. The maximum Gasteiger partial charge on any atom is 0.271 e. The van der Waals surface area contributed by atoms with Gasteiger partial charge in [-0.15, -0.1) is 0 Å². The SMILES string of the molecule is COc1ccc(S(=O)(=O)N2C(=O)C(c3cc(CN(C)C)ccc3OC)(N3CCCC3c3ncco3)c3cc(Cl)ccc32)cc1. The molecule has 1 fully saturated rings. The van der Waals surface area contributed by atoms with Crippen LogP contribution in [0.2, 0.25) is 5.02 Å². The number of amides is 1. The lowest BCUT2D eigenvalue weighted by molar-refractivity contribution is -0.127. The van der Waals surface area contributed by atoms with E-state index in [0.29, 0.717) is 53.0 Å². The van der Waals surface area contributed by atoms with Gasteiger partial charge in [-0.3, -0.25) is 9.69 Å². The Morgan fingerprint density at radius 1 is 1.05 bits per heavy atom. The molecule has 1 amide bonds. The molecule has 2 unspecified atom stereocenters. The molecule has 230 valence electrons. The van der Waals surface area contributed by atoms with Gasteiger partial charge in [-0.05, 0) is 87.1 Å².